The highest BCUT2D eigenvalue weighted by Gasteiger charge is 2.52. The molecule has 4 heterocycles. The first-order chi connectivity index (χ1) is 15.3. The van der Waals surface area contributed by atoms with Gasteiger partial charge in [0.25, 0.3) is 11.8 Å². The highest BCUT2D eigenvalue weighted by molar-refractivity contribution is 5.99. The number of halogens is 2. The van der Waals surface area contributed by atoms with Gasteiger partial charge in [0.05, 0.1) is 0 Å². The van der Waals surface area contributed by atoms with Gasteiger partial charge in [0.2, 0.25) is 5.43 Å². The Kier molecular flexibility index (Phi) is 4.68. The van der Waals surface area contributed by atoms with Crippen LogP contribution in [0.5, 0.6) is 5.75 Å². The van der Waals surface area contributed by atoms with E-state index < -0.39 is 34.6 Å². The lowest BCUT2D eigenvalue weighted by atomic mass is 9.69. The van der Waals surface area contributed by atoms with Gasteiger partial charge < -0.3 is 15.3 Å². The summed E-state index contributed by atoms with van der Waals surface area (Å²) in [4.78, 5) is 40.2. The first-order valence-corrected chi connectivity index (χ1v) is 10.6. The second kappa shape index (κ2) is 7.32. The lowest BCUT2D eigenvalue weighted by Gasteiger charge is -2.59. The second-order valence-electron chi connectivity index (χ2n) is 8.56. The first kappa shape index (κ1) is 20.5. The molecule has 1 aromatic heterocycles. The number of amides is 2. The van der Waals surface area contributed by atoms with E-state index in [0.29, 0.717) is 31.0 Å². The van der Waals surface area contributed by atoms with Crippen LogP contribution in [0.3, 0.4) is 0 Å². The smallest absolute Gasteiger partial charge is 0.278 e. The average Bonchev–Trinajstić information content (AvgIpc) is 2.74. The van der Waals surface area contributed by atoms with Gasteiger partial charge in [-0.3, -0.25) is 24.1 Å². The summed E-state index contributed by atoms with van der Waals surface area (Å²) in [6.07, 6.45) is 3.11. The number of aromatic hydroxyl groups is 1. The van der Waals surface area contributed by atoms with Crippen molar-refractivity contribution in [2.24, 2.45) is 11.8 Å². The van der Waals surface area contributed by atoms with Crippen molar-refractivity contribution in [2.75, 3.05) is 18.1 Å². The number of pyridine rings is 1. The maximum absolute atomic E-state index is 13.9. The van der Waals surface area contributed by atoms with Crippen LogP contribution in [-0.2, 0) is 6.54 Å². The van der Waals surface area contributed by atoms with Crippen molar-refractivity contribution in [2.45, 2.75) is 32.5 Å². The Morgan fingerprint density at radius 3 is 2.69 bits per heavy atom. The van der Waals surface area contributed by atoms with Gasteiger partial charge in [-0.1, -0.05) is 6.07 Å². The van der Waals surface area contributed by atoms with Crippen molar-refractivity contribution in [1.82, 2.24) is 14.9 Å². The summed E-state index contributed by atoms with van der Waals surface area (Å²) in [5, 5.41) is 15.0. The predicted octanol–water partition coefficient (Wildman–Crippen LogP) is 1.54. The third kappa shape index (κ3) is 2.96. The van der Waals surface area contributed by atoms with Crippen LogP contribution >= 0.6 is 0 Å². The van der Waals surface area contributed by atoms with Crippen molar-refractivity contribution < 1.29 is 23.5 Å². The number of piperidine rings is 2. The fourth-order valence-electron chi connectivity index (χ4n) is 5.10. The molecule has 2 aromatic rings. The highest BCUT2D eigenvalue weighted by Crippen LogP contribution is 2.46. The molecule has 2 N–H and O–H groups in total. The Morgan fingerprint density at radius 1 is 1.25 bits per heavy atom. The summed E-state index contributed by atoms with van der Waals surface area (Å²) in [6.45, 7) is 2.65. The average molecular weight is 444 g/mol. The normalized spacial score (nSPS) is 23.3. The minimum atomic E-state index is -0.974. The van der Waals surface area contributed by atoms with E-state index in [2.05, 4.69) is 5.32 Å². The lowest BCUT2D eigenvalue weighted by Crippen LogP contribution is -2.70. The zero-order valence-corrected chi connectivity index (χ0v) is 17.3. The molecule has 8 nitrogen and oxygen atoms in total. The largest absolute Gasteiger partial charge is 0.502 e. The van der Waals surface area contributed by atoms with Crippen molar-refractivity contribution in [1.29, 1.82) is 0 Å². The van der Waals surface area contributed by atoms with Gasteiger partial charge in [0, 0.05) is 43.4 Å². The molecule has 32 heavy (non-hydrogen) atoms. The van der Waals surface area contributed by atoms with E-state index in [0.717, 1.165) is 18.9 Å². The van der Waals surface area contributed by atoms with Gasteiger partial charge >= 0.3 is 0 Å². The molecule has 168 valence electrons. The monoisotopic (exact) mass is 444 g/mol. The van der Waals surface area contributed by atoms with Crippen LogP contribution in [0.15, 0.2) is 29.2 Å². The van der Waals surface area contributed by atoms with Crippen LogP contribution in [0, 0.1) is 23.5 Å². The molecule has 1 saturated carbocycles. The molecular weight excluding hydrogens is 422 g/mol. The van der Waals surface area contributed by atoms with Crippen LogP contribution < -0.4 is 15.8 Å². The Labute approximate surface area is 182 Å². The maximum Gasteiger partial charge on any atom is 0.278 e. The molecule has 3 fully saturated rings. The molecular formula is C22H22F2N4O4. The minimum absolute atomic E-state index is 0.0481. The van der Waals surface area contributed by atoms with Crippen LogP contribution in [0.25, 0.3) is 0 Å². The third-order valence-corrected chi connectivity index (χ3v) is 6.71. The number of carbonyl (C=O) groups excluding carboxylic acids is 2. The molecule has 0 radical (unpaired) electrons. The number of benzene rings is 1. The number of nitrogens with one attached hydrogen (secondary N) is 1. The van der Waals surface area contributed by atoms with Gasteiger partial charge in [-0.2, -0.15) is 0 Å². The molecule has 1 atom stereocenters. The van der Waals surface area contributed by atoms with E-state index in [-0.39, 0.29) is 29.5 Å². The SMILES string of the molecule is CCN1C(=O)c2c(O)c(=O)c(C(=O)NCc3ccc(F)cc3F)cn2N2C[C@H]3C[C@H](C3)[C@@H]12. The summed E-state index contributed by atoms with van der Waals surface area (Å²) < 4.78 is 28.4. The van der Waals surface area contributed by atoms with E-state index in [1.54, 1.807) is 4.90 Å². The van der Waals surface area contributed by atoms with Crippen molar-refractivity contribution in [3.63, 3.8) is 0 Å². The number of nitrogens with zero attached hydrogens (tertiary/aromatic N) is 3. The highest BCUT2D eigenvalue weighted by atomic mass is 19.1. The van der Waals surface area contributed by atoms with Gasteiger partial charge in [0.15, 0.2) is 11.4 Å². The zero-order chi connectivity index (χ0) is 22.7. The van der Waals surface area contributed by atoms with Gasteiger partial charge in [-0.05, 0) is 31.7 Å². The summed E-state index contributed by atoms with van der Waals surface area (Å²) in [5.74, 6) is -2.87. The Bertz CT molecular complexity index is 1190. The summed E-state index contributed by atoms with van der Waals surface area (Å²) in [5.41, 5.74) is -1.44. The molecule has 2 amide bonds. The molecule has 2 saturated heterocycles. The van der Waals surface area contributed by atoms with Crippen molar-refractivity contribution in [3.8, 4) is 5.75 Å². The van der Waals surface area contributed by atoms with Crippen LogP contribution in [0.2, 0.25) is 0 Å². The van der Waals surface area contributed by atoms with Gasteiger partial charge in [0.1, 0.15) is 23.4 Å². The standard InChI is InChI=1S/C22H22F2N4O4/c1-2-26-21-13-5-11(6-13)9-28(21)27-10-15(18(29)19(30)17(27)22(26)32)20(31)25-8-12-3-4-14(23)7-16(12)24/h3-4,7,10-11,13,21,30H,2,5-6,8-9H2,1H3,(H,25,31)/t11-,13+,21-/m0/s1. The van der Waals surface area contributed by atoms with E-state index >= 15 is 0 Å². The molecule has 0 spiro atoms. The zero-order valence-electron chi connectivity index (χ0n) is 17.3. The number of hydrogen-bond acceptors (Lipinski definition) is 5. The fourth-order valence-corrected chi connectivity index (χ4v) is 5.10. The van der Waals surface area contributed by atoms with E-state index in [1.165, 1.54) is 16.9 Å². The summed E-state index contributed by atoms with van der Waals surface area (Å²) in [6, 6.07) is 2.97. The topological polar surface area (TPSA) is 94.9 Å². The number of rotatable bonds is 4. The Hall–Kier alpha value is -3.43. The van der Waals surface area contributed by atoms with Gasteiger partial charge in [-0.25, -0.2) is 8.78 Å². The Morgan fingerprint density at radius 2 is 2.00 bits per heavy atom. The molecule has 6 rings (SSSR count). The minimum Gasteiger partial charge on any atom is -0.502 e. The summed E-state index contributed by atoms with van der Waals surface area (Å²) >= 11 is 0. The third-order valence-electron chi connectivity index (χ3n) is 6.71. The molecule has 3 aliphatic heterocycles. The van der Waals surface area contributed by atoms with Crippen LogP contribution in [0.4, 0.5) is 8.78 Å². The summed E-state index contributed by atoms with van der Waals surface area (Å²) in [7, 11) is 0. The van der Waals surface area contributed by atoms with E-state index in [1.807, 2.05) is 11.9 Å². The Balaban J connectivity index is 1.50. The van der Waals surface area contributed by atoms with E-state index in [9.17, 15) is 28.3 Å². The number of aromatic nitrogens is 1. The molecule has 4 aliphatic rings. The number of fused-ring (bicyclic) bond motifs is 1. The number of carbonyl (C=O) groups is 2. The van der Waals surface area contributed by atoms with Crippen LogP contribution in [-0.4, -0.2) is 45.8 Å². The molecule has 2 bridgehead atoms. The van der Waals surface area contributed by atoms with Crippen molar-refractivity contribution >= 4 is 11.8 Å². The maximum atomic E-state index is 13.9. The molecule has 0 unspecified atom stereocenters. The molecule has 1 aliphatic carbocycles. The predicted molar refractivity (Wildman–Crippen MR) is 110 cm³/mol. The fraction of sp³-hybridized carbons (Fsp3) is 0.409. The second-order valence-corrected chi connectivity index (χ2v) is 8.56. The molecule has 10 heteroatoms. The van der Waals surface area contributed by atoms with Crippen molar-refractivity contribution in [3.05, 3.63) is 63.1 Å². The van der Waals surface area contributed by atoms with Crippen LogP contribution in [0.1, 0.15) is 46.2 Å². The quantitative estimate of drug-likeness (QED) is 0.746. The molecule has 1 aromatic carbocycles. The van der Waals surface area contributed by atoms with Gasteiger partial charge in [-0.15, -0.1) is 0 Å². The first-order valence-electron chi connectivity index (χ1n) is 10.6. The lowest BCUT2D eigenvalue weighted by molar-refractivity contribution is -0.00735. The number of hydrogen-bond donors (Lipinski definition) is 2. The van der Waals surface area contributed by atoms with E-state index in [4.69, 9.17) is 0 Å².